The number of amides is 4. The van der Waals surface area contributed by atoms with Gasteiger partial charge in [0.2, 0.25) is 8.32 Å². The molecule has 320 valence electrons. The van der Waals surface area contributed by atoms with Crippen molar-refractivity contribution in [3.63, 3.8) is 0 Å². The molecule has 0 saturated carbocycles. The first-order chi connectivity index (χ1) is 27.7. The molecular weight excluding hydrogens is 794 g/mol. The maximum atomic E-state index is 13.1. The molecule has 0 spiro atoms. The van der Waals surface area contributed by atoms with Crippen LogP contribution in [-0.2, 0) is 4.74 Å². The summed E-state index contributed by atoms with van der Waals surface area (Å²) >= 11 is 0. The second-order valence-corrected chi connectivity index (χ2v) is 20.7. The number of rotatable bonds is 6. The minimum Gasteiger partial charge on any atom is -0.544 e. The fraction of sp³-hybridized carbons (Fsp3) is 0.409. The monoisotopic (exact) mass is 852 g/mol. The van der Waals surface area contributed by atoms with Crippen LogP contribution in [0.25, 0.3) is 0 Å². The van der Waals surface area contributed by atoms with Crippen molar-refractivity contribution in [3.8, 4) is 11.5 Å². The average Bonchev–Trinajstić information content (AvgIpc) is 3.81. The molecule has 0 radical (unpaired) electrons. The zero-order valence-electron chi connectivity index (χ0n) is 34.8. The molecule has 3 fully saturated rings. The maximum absolute atomic E-state index is 13.1. The molecule has 0 atom stereocenters. The highest BCUT2D eigenvalue weighted by atomic mass is 35.5. The Hall–Kier alpha value is -5.05. The van der Waals surface area contributed by atoms with Gasteiger partial charge in [0.25, 0.3) is 0 Å². The van der Waals surface area contributed by atoms with Gasteiger partial charge in [-0.2, -0.15) is 0 Å². The van der Waals surface area contributed by atoms with Crippen LogP contribution in [-0.4, -0.2) is 101 Å². The number of hydrogen-bond acceptors (Lipinski definition) is 7. The fourth-order valence-corrected chi connectivity index (χ4v) is 7.18. The lowest BCUT2D eigenvalue weighted by Crippen LogP contribution is -2.50. The van der Waals surface area contributed by atoms with Crippen molar-refractivity contribution < 1.29 is 32.6 Å². The number of carbonyl (C=O) groups excluding carboxylic acids is 2. The second-order valence-electron chi connectivity index (χ2n) is 16.0. The molecule has 7 rings (SSSR count). The van der Waals surface area contributed by atoms with Crippen molar-refractivity contribution in [1.29, 1.82) is 0 Å². The Morgan fingerprint density at radius 3 is 1.34 bits per heavy atom. The molecular formula is C44H59ClF2N6O5Si. The minimum absolute atomic E-state index is 0. The van der Waals surface area contributed by atoms with Crippen molar-refractivity contribution >= 4 is 55.5 Å². The van der Waals surface area contributed by atoms with Crippen molar-refractivity contribution in [2.75, 3.05) is 86.0 Å². The Kier molecular flexibility index (Phi) is 17.2. The highest BCUT2D eigenvalue weighted by Gasteiger charge is 2.39. The van der Waals surface area contributed by atoms with Crippen LogP contribution in [0.4, 0.5) is 41.1 Å². The largest absolute Gasteiger partial charge is 0.544 e. The van der Waals surface area contributed by atoms with Gasteiger partial charge in [-0.3, -0.25) is 0 Å². The van der Waals surface area contributed by atoms with Gasteiger partial charge in [-0.25, -0.2) is 18.4 Å². The maximum Gasteiger partial charge on any atom is 0.321 e. The summed E-state index contributed by atoms with van der Waals surface area (Å²) in [5.41, 5.74) is 3.34. The smallest absolute Gasteiger partial charge is 0.321 e. The third-order valence-corrected chi connectivity index (χ3v) is 15.1. The van der Waals surface area contributed by atoms with Gasteiger partial charge in [0.15, 0.2) is 0 Å². The summed E-state index contributed by atoms with van der Waals surface area (Å²) in [7, 11) is -1.88. The number of phenolic OH excluding ortho intramolecular Hbond substituents is 1. The fourth-order valence-electron chi connectivity index (χ4n) is 6.15. The van der Waals surface area contributed by atoms with E-state index in [0.717, 1.165) is 49.1 Å². The summed E-state index contributed by atoms with van der Waals surface area (Å²) < 4.78 is 37.3. The summed E-state index contributed by atoms with van der Waals surface area (Å²) in [6, 6.07) is 26.6. The van der Waals surface area contributed by atoms with E-state index in [1.54, 1.807) is 46.2 Å². The molecule has 4 aromatic carbocycles. The van der Waals surface area contributed by atoms with Gasteiger partial charge in [0, 0.05) is 88.3 Å². The molecule has 4 aromatic rings. The van der Waals surface area contributed by atoms with Crippen LogP contribution in [0.1, 0.15) is 33.6 Å². The number of aromatic hydroxyl groups is 1. The number of halogens is 3. The first-order valence-corrected chi connectivity index (χ1v) is 22.9. The Labute approximate surface area is 354 Å². The first kappa shape index (κ1) is 46.6. The molecule has 4 amide bonds. The highest BCUT2D eigenvalue weighted by Crippen LogP contribution is 2.37. The minimum atomic E-state index is -1.88. The van der Waals surface area contributed by atoms with Crippen LogP contribution in [0.2, 0.25) is 18.1 Å². The molecule has 3 saturated heterocycles. The molecule has 0 aromatic heterocycles. The topological polar surface area (TPSA) is 110 Å². The third-order valence-electron chi connectivity index (χ3n) is 10.7. The zero-order chi connectivity index (χ0) is 41.7. The van der Waals surface area contributed by atoms with Gasteiger partial charge < -0.3 is 44.5 Å². The molecule has 3 heterocycles. The summed E-state index contributed by atoms with van der Waals surface area (Å²) in [5, 5.41) is 15.2. The molecule has 3 N–H and O–H groups in total. The van der Waals surface area contributed by atoms with Crippen LogP contribution in [0.3, 0.4) is 0 Å². The van der Waals surface area contributed by atoms with Crippen LogP contribution >= 0.6 is 12.4 Å². The number of urea groups is 2. The van der Waals surface area contributed by atoms with Crippen LogP contribution in [0.15, 0.2) is 97.1 Å². The third kappa shape index (κ3) is 14.3. The summed E-state index contributed by atoms with van der Waals surface area (Å²) in [6.45, 7) is 18.4. The number of ether oxygens (including phenoxy) is 1. The molecule has 3 aliphatic rings. The van der Waals surface area contributed by atoms with Gasteiger partial charge >= 0.3 is 12.1 Å². The molecule has 0 bridgehead atoms. The number of benzene rings is 4. The number of phenols is 1. The Morgan fingerprint density at radius 1 is 0.627 bits per heavy atom. The first-order valence-electron chi connectivity index (χ1n) is 20.0. The standard InChI is InChI=1S/C23H32FN3O2Si.C17H18FN3O2.C4H8O.ClH/c1-23(2,3)30(4,5)29-21-12-8-19(9-13-21)25-22(28)27-16-14-26(15-17-27)20-10-6-18(24)7-11-20;18-13-1-5-15(6-2-13)20-9-11-21(12-10-20)17(23)19-14-3-7-16(22)8-4-14;1-2-4-5-3-1;/h6-13H,14-17H2,1-5H3,(H,25,28);1-8,22H,9-12H2,(H,19,23);1-4H2;1H. The number of nitrogens with one attached hydrogen (secondary N) is 2. The van der Waals surface area contributed by atoms with Gasteiger partial charge in [-0.1, -0.05) is 20.8 Å². The molecule has 15 heteroatoms. The zero-order valence-corrected chi connectivity index (χ0v) is 36.6. The number of hydrogen-bond donors (Lipinski definition) is 3. The van der Waals surface area contributed by atoms with Crippen molar-refractivity contribution in [2.45, 2.75) is 51.7 Å². The average molecular weight is 854 g/mol. The quantitative estimate of drug-likeness (QED) is 0.131. The van der Waals surface area contributed by atoms with E-state index in [1.165, 1.54) is 49.2 Å². The summed E-state index contributed by atoms with van der Waals surface area (Å²) in [6.07, 6.45) is 2.56. The molecule has 0 aliphatic carbocycles. The number of piperazine rings is 2. The van der Waals surface area contributed by atoms with E-state index in [9.17, 15) is 23.5 Å². The normalized spacial score (nSPS) is 15.4. The SMILES string of the molecule is C1CCOC1.CC(C)(C)[Si](C)(C)Oc1ccc(NC(=O)N2CCN(c3ccc(F)cc3)CC2)cc1.Cl.O=C(Nc1ccc(O)cc1)N1CCN(c2ccc(F)cc2)CC1. The van der Waals surface area contributed by atoms with Gasteiger partial charge in [0.05, 0.1) is 0 Å². The van der Waals surface area contributed by atoms with E-state index in [2.05, 4.69) is 54.3 Å². The predicted octanol–water partition coefficient (Wildman–Crippen LogP) is 9.67. The Morgan fingerprint density at radius 2 is 1.00 bits per heavy atom. The van der Waals surface area contributed by atoms with Gasteiger partial charge in [-0.15, -0.1) is 12.4 Å². The van der Waals surface area contributed by atoms with Crippen molar-refractivity contribution in [2.24, 2.45) is 0 Å². The van der Waals surface area contributed by atoms with E-state index in [-0.39, 0.29) is 46.9 Å². The van der Waals surface area contributed by atoms with Gasteiger partial charge in [-0.05, 0) is 128 Å². The van der Waals surface area contributed by atoms with Crippen LogP contribution < -0.4 is 24.9 Å². The van der Waals surface area contributed by atoms with E-state index in [1.807, 2.05) is 24.3 Å². The highest BCUT2D eigenvalue weighted by molar-refractivity contribution is 6.74. The molecule has 3 aliphatic heterocycles. The molecule has 59 heavy (non-hydrogen) atoms. The lowest BCUT2D eigenvalue weighted by atomic mass is 10.2. The Bertz CT molecular complexity index is 1870. The number of anilines is 4. The Balaban J connectivity index is 0.000000234. The van der Waals surface area contributed by atoms with E-state index in [0.29, 0.717) is 45.0 Å². The lowest BCUT2D eigenvalue weighted by Gasteiger charge is -2.36. The lowest BCUT2D eigenvalue weighted by molar-refractivity contribution is 0.198. The summed E-state index contributed by atoms with van der Waals surface area (Å²) in [5.74, 6) is 0.515. The molecule has 0 unspecified atom stereocenters. The number of nitrogens with zero attached hydrogens (tertiary/aromatic N) is 4. The number of carbonyl (C=O) groups is 2. The second kappa shape index (κ2) is 21.8. The van der Waals surface area contributed by atoms with E-state index >= 15 is 0 Å². The summed E-state index contributed by atoms with van der Waals surface area (Å²) in [4.78, 5) is 32.7. The predicted molar refractivity (Wildman–Crippen MR) is 238 cm³/mol. The van der Waals surface area contributed by atoms with Crippen LogP contribution in [0.5, 0.6) is 11.5 Å². The molecule has 11 nitrogen and oxygen atoms in total. The van der Waals surface area contributed by atoms with Crippen LogP contribution in [0, 0.1) is 11.6 Å². The van der Waals surface area contributed by atoms with Crippen molar-refractivity contribution in [1.82, 2.24) is 9.80 Å². The van der Waals surface area contributed by atoms with E-state index in [4.69, 9.17) is 9.16 Å². The van der Waals surface area contributed by atoms with E-state index < -0.39 is 8.32 Å². The van der Waals surface area contributed by atoms with Gasteiger partial charge in [0.1, 0.15) is 23.1 Å². The van der Waals surface area contributed by atoms with Crippen molar-refractivity contribution in [3.05, 3.63) is 109 Å².